The van der Waals surface area contributed by atoms with Crippen LogP contribution in [0.5, 0.6) is 11.5 Å². The third-order valence-electron chi connectivity index (χ3n) is 3.24. The Hall–Kier alpha value is -0.810. The maximum Gasteiger partial charge on any atom is 0.178 e. The van der Waals surface area contributed by atoms with E-state index in [1.165, 1.54) is 0 Å². The van der Waals surface area contributed by atoms with E-state index in [4.69, 9.17) is 9.47 Å². The lowest BCUT2D eigenvalue weighted by Crippen LogP contribution is -2.17. The van der Waals surface area contributed by atoms with Gasteiger partial charge in [-0.3, -0.25) is 0 Å². The largest absolute Gasteiger partial charge is 0.486 e. The maximum absolute atomic E-state index is 14.2. The molecule has 1 aromatic rings. The highest BCUT2D eigenvalue weighted by Crippen LogP contribution is 2.43. The van der Waals surface area contributed by atoms with Crippen molar-refractivity contribution < 1.29 is 13.9 Å². The topological polar surface area (TPSA) is 30.5 Å². The van der Waals surface area contributed by atoms with Crippen LogP contribution >= 0.6 is 15.9 Å². The van der Waals surface area contributed by atoms with E-state index in [0.717, 1.165) is 19.5 Å². The lowest BCUT2D eigenvalue weighted by Gasteiger charge is -2.22. The molecule has 92 valence electrons. The molecule has 0 bridgehead atoms. The van der Waals surface area contributed by atoms with Gasteiger partial charge in [0, 0.05) is 12.5 Å². The van der Waals surface area contributed by atoms with Crippen molar-refractivity contribution in [2.75, 3.05) is 26.3 Å². The lowest BCUT2D eigenvalue weighted by atomic mass is 9.97. The predicted molar refractivity (Wildman–Crippen MR) is 65.3 cm³/mol. The van der Waals surface area contributed by atoms with E-state index < -0.39 is 0 Å². The Labute approximate surface area is 107 Å². The molecular weight excluding hydrogens is 289 g/mol. The third kappa shape index (κ3) is 1.91. The zero-order valence-corrected chi connectivity index (χ0v) is 10.8. The van der Waals surface area contributed by atoms with Gasteiger partial charge in [-0.1, -0.05) is 0 Å². The molecule has 0 amide bonds. The van der Waals surface area contributed by atoms with Gasteiger partial charge in [0.05, 0.1) is 4.47 Å². The first kappa shape index (κ1) is 11.3. The zero-order valence-electron chi connectivity index (χ0n) is 9.26. The number of hydrogen-bond donors (Lipinski definition) is 1. The molecule has 0 saturated carbocycles. The summed E-state index contributed by atoms with van der Waals surface area (Å²) in [6.45, 7) is 2.75. The number of halogens is 2. The molecule has 1 N–H and O–H groups in total. The first-order valence-corrected chi connectivity index (χ1v) is 6.55. The van der Waals surface area contributed by atoms with Crippen LogP contribution in [0.2, 0.25) is 0 Å². The van der Waals surface area contributed by atoms with Crippen molar-refractivity contribution in [2.45, 2.75) is 12.3 Å². The van der Waals surface area contributed by atoms with Gasteiger partial charge < -0.3 is 14.8 Å². The van der Waals surface area contributed by atoms with Crippen LogP contribution in [0.1, 0.15) is 17.9 Å². The van der Waals surface area contributed by atoms with Gasteiger partial charge in [0.15, 0.2) is 11.5 Å². The normalized spacial score (nSPS) is 22.8. The van der Waals surface area contributed by atoms with E-state index in [9.17, 15) is 4.39 Å². The average Bonchev–Trinajstić information content (AvgIpc) is 2.87. The highest BCUT2D eigenvalue weighted by Gasteiger charge is 2.27. The number of rotatable bonds is 1. The molecule has 0 aromatic heterocycles. The smallest absolute Gasteiger partial charge is 0.178 e. The van der Waals surface area contributed by atoms with Gasteiger partial charge in [-0.25, -0.2) is 4.39 Å². The molecule has 1 fully saturated rings. The number of fused-ring (bicyclic) bond motifs is 1. The second-order valence-electron chi connectivity index (χ2n) is 4.31. The van der Waals surface area contributed by atoms with Crippen molar-refractivity contribution in [1.82, 2.24) is 5.32 Å². The van der Waals surface area contributed by atoms with E-state index in [0.29, 0.717) is 34.7 Å². The van der Waals surface area contributed by atoms with Gasteiger partial charge in [-0.05, 0) is 40.5 Å². The van der Waals surface area contributed by atoms with Crippen LogP contribution in [0, 0.1) is 5.82 Å². The molecule has 0 radical (unpaired) electrons. The predicted octanol–water partition coefficient (Wildman–Crippen LogP) is 2.44. The van der Waals surface area contributed by atoms with Crippen LogP contribution in [0.25, 0.3) is 0 Å². The Balaban J connectivity index is 2.06. The highest BCUT2D eigenvalue weighted by molar-refractivity contribution is 9.10. The summed E-state index contributed by atoms with van der Waals surface area (Å²) in [4.78, 5) is 0. The maximum atomic E-state index is 14.2. The number of nitrogens with one attached hydrogen (secondary N) is 1. The quantitative estimate of drug-likeness (QED) is 0.864. The molecule has 1 saturated heterocycles. The molecule has 17 heavy (non-hydrogen) atoms. The van der Waals surface area contributed by atoms with Gasteiger partial charge in [-0.2, -0.15) is 0 Å². The minimum absolute atomic E-state index is 0.219. The standard InChI is InChI=1S/C12H13BrFNO2/c13-10-11(14)8(7-1-2-15-6-7)5-9-12(10)17-4-3-16-9/h5,7,15H,1-4,6H2. The third-order valence-corrected chi connectivity index (χ3v) is 3.95. The van der Waals surface area contributed by atoms with Gasteiger partial charge >= 0.3 is 0 Å². The fourth-order valence-corrected chi connectivity index (χ4v) is 2.90. The second-order valence-corrected chi connectivity index (χ2v) is 5.10. The van der Waals surface area contributed by atoms with Gasteiger partial charge in [0.2, 0.25) is 0 Å². The molecule has 0 aliphatic carbocycles. The van der Waals surface area contributed by atoms with Crippen molar-refractivity contribution in [3.05, 3.63) is 21.9 Å². The molecule has 0 spiro atoms. The molecule has 2 heterocycles. The Morgan fingerprint density at radius 3 is 2.94 bits per heavy atom. The monoisotopic (exact) mass is 301 g/mol. The summed E-state index contributed by atoms with van der Waals surface area (Å²) in [6, 6.07) is 1.78. The van der Waals surface area contributed by atoms with E-state index in [-0.39, 0.29) is 11.7 Å². The van der Waals surface area contributed by atoms with E-state index >= 15 is 0 Å². The molecule has 5 heteroatoms. The first-order valence-electron chi connectivity index (χ1n) is 5.75. The molecule has 1 atom stereocenters. The first-order chi connectivity index (χ1) is 8.27. The zero-order chi connectivity index (χ0) is 11.8. The minimum atomic E-state index is -0.219. The van der Waals surface area contributed by atoms with Crippen LogP contribution in [0.3, 0.4) is 0 Å². The van der Waals surface area contributed by atoms with E-state index in [2.05, 4.69) is 21.2 Å². The Morgan fingerprint density at radius 2 is 2.18 bits per heavy atom. The Bertz CT molecular complexity index is 447. The van der Waals surface area contributed by atoms with Gasteiger partial charge in [0.1, 0.15) is 19.0 Å². The summed E-state index contributed by atoms with van der Waals surface area (Å²) in [5.41, 5.74) is 0.714. The van der Waals surface area contributed by atoms with Crippen molar-refractivity contribution in [3.8, 4) is 11.5 Å². The highest BCUT2D eigenvalue weighted by atomic mass is 79.9. The molecule has 3 nitrogen and oxygen atoms in total. The Kier molecular flexibility index (Phi) is 2.96. The minimum Gasteiger partial charge on any atom is -0.486 e. The fourth-order valence-electron chi connectivity index (χ4n) is 2.36. The van der Waals surface area contributed by atoms with Crippen LogP contribution in [0.15, 0.2) is 10.5 Å². The average molecular weight is 302 g/mol. The number of hydrogen-bond acceptors (Lipinski definition) is 3. The summed E-state index contributed by atoms with van der Waals surface area (Å²) >= 11 is 3.26. The van der Waals surface area contributed by atoms with Crippen LogP contribution in [-0.4, -0.2) is 26.3 Å². The molecule has 2 aliphatic rings. The molecule has 2 aliphatic heterocycles. The number of benzene rings is 1. The van der Waals surface area contributed by atoms with Crippen molar-refractivity contribution >= 4 is 15.9 Å². The van der Waals surface area contributed by atoms with Crippen LogP contribution in [0.4, 0.5) is 4.39 Å². The molecule has 1 aromatic carbocycles. The SMILES string of the molecule is Fc1c(C2CCNC2)cc2c(c1Br)OCCO2. The van der Waals surface area contributed by atoms with Crippen LogP contribution in [-0.2, 0) is 0 Å². The van der Waals surface area contributed by atoms with Crippen molar-refractivity contribution in [3.63, 3.8) is 0 Å². The van der Waals surface area contributed by atoms with E-state index in [1.54, 1.807) is 6.07 Å². The summed E-state index contributed by atoms with van der Waals surface area (Å²) in [5.74, 6) is 1.14. The Morgan fingerprint density at radius 1 is 1.35 bits per heavy atom. The molecular formula is C12H13BrFNO2. The second kappa shape index (κ2) is 4.46. The van der Waals surface area contributed by atoms with Gasteiger partial charge in [-0.15, -0.1) is 0 Å². The van der Waals surface area contributed by atoms with Crippen molar-refractivity contribution in [1.29, 1.82) is 0 Å². The summed E-state index contributed by atoms with van der Waals surface area (Å²) in [6.07, 6.45) is 0.961. The van der Waals surface area contributed by atoms with Gasteiger partial charge in [0.25, 0.3) is 0 Å². The van der Waals surface area contributed by atoms with Crippen molar-refractivity contribution in [2.24, 2.45) is 0 Å². The van der Waals surface area contributed by atoms with Crippen LogP contribution < -0.4 is 14.8 Å². The molecule has 3 rings (SSSR count). The lowest BCUT2D eigenvalue weighted by molar-refractivity contribution is 0.169. The fraction of sp³-hybridized carbons (Fsp3) is 0.500. The summed E-state index contributed by atoms with van der Waals surface area (Å²) < 4.78 is 25.6. The molecule has 1 unspecified atom stereocenters. The number of ether oxygens (including phenoxy) is 2. The summed E-state index contributed by atoms with van der Waals surface area (Å²) in [7, 11) is 0. The van der Waals surface area contributed by atoms with E-state index in [1.807, 2.05) is 0 Å². The summed E-state index contributed by atoms with van der Waals surface area (Å²) in [5, 5.41) is 3.24.